The van der Waals surface area contributed by atoms with Gasteiger partial charge in [0, 0.05) is 28.7 Å². The molecule has 1 N–H and O–H groups in total. The van der Waals surface area contributed by atoms with E-state index in [2.05, 4.69) is 28.1 Å². The minimum atomic E-state index is -0.243. The fraction of sp³-hybridized carbons (Fsp3) is 0.185. The number of carbonyl (C=O) groups excluding carboxylic acids is 1. The summed E-state index contributed by atoms with van der Waals surface area (Å²) < 4.78 is 15.5. The van der Waals surface area contributed by atoms with Crippen LogP contribution >= 0.6 is 0 Å². The van der Waals surface area contributed by atoms with E-state index in [-0.39, 0.29) is 18.1 Å². The quantitative estimate of drug-likeness (QED) is 0.323. The van der Waals surface area contributed by atoms with Crippen molar-refractivity contribution in [2.45, 2.75) is 33.7 Å². The number of fused-ring (bicyclic) bond motifs is 1. The highest BCUT2D eigenvalue weighted by Crippen LogP contribution is 2.25. The molecule has 1 heterocycles. The molecule has 0 aliphatic carbocycles. The van der Waals surface area contributed by atoms with Crippen molar-refractivity contribution in [1.29, 1.82) is 0 Å². The van der Waals surface area contributed by atoms with Gasteiger partial charge in [0.1, 0.15) is 5.82 Å². The highest BCUT2D eigenvalue weighted by molar-refractivity contribution is 6.01. The summed E-state index contributed by atoms with van der Waals surface area (Å²) in [5.74, 6) is -0.399. The Hall–Kier alpha value is -3.73. The third-order valence-corrected chi connectivity index (χ3v) is 5.85. The highest BCUT2D eigenvalue weighted by Gasteiger charge is 2.13. The van der Waals surface area contributed by atoms with Gasteiger partial charge in [-0.2, -0.15) is 5.10 Å². The van der Waals surface area contributed by atoms with E-state index in [4.69, 9.17) is 0 Å². The van der Waals surface area contributed by atoms with E-state index in [1.165, 1.54) is 23.3 Å². The van der Waals surface area contributed by atoms with Gasteiger partial charge >= 0.3 is 0 Å². The van der Waals surface area contributed by atoms with E-state index in [1.54, 1.807) is 18.3 Å². The van der Waals surface area contributed by atoms with E-state index in [0.29, 0.717) is 6.54 Å². The molecule has 0 fully saturated rings. The number of rotatable bonds is 6. The molecule has 0 aliphatic heterocycles. The summed E-state index contributed by atoms with van der Waals surface area (Å²) >= 11 is 0. The standard InChI is InChI=1S/C27H26FN3O/c1-18-8-9-22(14-19(18)2)15-27(32)30-29-16-25-20(3)31(26-7-5-4-6-24(25)26)17-21-10-12-23(28)13-11-21/h4-14,16H,15,17H2,1-3H3,(H,30,32)/b29-16-. The van der Waals surface area contributed by atoms with Gasteiger partial charge in [0.2, 0.25) is 5.91 Å². The number of hydrazone groups is 1. The van der Waals surface area contributed by atoms with E-state index in [0.717, 1.165) is 33.3 Å². The first-order valence-corrected chi connectivity index (χ1v) is 10.6. The average molecular weight is 428 g/mol. The second kappa shape index (κ2) is 9.18. The Morgan fingerprint density at radius 1 is 0.969 bits per heavy atom. The van der Waals surface area contributed by atoms with Crippen LogP contribution < -0.4 is 5.43 Å². The molecule has 1 amide bonds. The molecule has 32 heavy (non-hydrogen) atoms. The van der Waals surface area contributed by atoms with Crippen molar-refractivity contribution in [3.63, 3.8) is 0 Å². The molecule has 0 atom stereocenters. The number of hydrogen-bond donors (Lipinski definition) is 1. The number of amides is 1. The first-order valence-electron chi connectivity index (χ1n) is 10.6. The molecule has 0 bridgehead atoms. The molecule has 4 rings (SSSR count). The minimum Gasteiger partial charge on any atom is -0.340 e. The summed E-state index contributed by atoms with van der Waals surface area (Å²) in [4.78, 5) is 12.4. The number of nitrogens with zero attached hydrogens (tertiary/aromatic N) is 2. The SMILES string of the molecule is Cc1ccc(CC(=O)N/N=C\c2c(C)n(Cc3ccc(F)cc3)c3ccccc23)cc1C. The van der Waals surface area contributed by atoms with Crippen LogP contribution in [0.3, 0.4) is 0 Å². The summed E-state index contributed by atoms with van der Waals surface area (Å²) in [6, 6.07) is 20.7. The Morgan fingerprint density at radius 3 is 2.44 bits per heavy atom. The van der Waals surface area contributed by atoms with Gasteiger partial charge in [-0.15, -0.1) is 0 Å². The van der Waals surface area contributed by atoms with Crippen molar-refractivity contribution in [3.8, 4) is 0 Å². The fourth-order valence-corrected chi connectivity index (χ4v) is 3.90. The molecule has 5 heteroatoms. The second-order valence-corrected chi connectivity index (χ2v) is 8.12. The summed E-state index contributed by atoms with van der Waals surface area (Å²) in [5.41, 5.74) is 10.1. The number of benzene rings is 3. The maximum Gasteiger partial charge on any atom is 0.244 e. The highest BCUT2D eigenvalue weighted by atomic mass is 19.1. The average Bonchev–Trinajstić information content (AvgIpc) is 3.04. The molecule has 3 aromatic carbocycles. The van der Waals surface area contributed by atoms with E-state index >= 15 is 0 Å². The molecule has 1 aromatic heterocycles. The van der Waals surface area contributed by atoms with Crippen molar-refractivity contribution >= 4 is 23.0 Å². The Balaban J connectivity index is 1.54. The second-order valence-electron chi connectivity index (χ2n) is 8.12. The molecule has 0 saturated heterocycles. The third-order valence-electron chi connectivity index (χ3n) is 5.85. The van der Waals surface area contributed by atoms with Crippen molar-refractivity contribution in [2.24, 2.45) is 5.10 Å². The van der Waals surface area contributed by atoms with Crippen LogP contribution in [0.25, 0.3) is 10.9 Å². The molecular weight excluding hydrogens is 401 g/mol. The van der Waals surface area contributed by atoms with E-state index in [9.17, 15) is 9.18 Å². The third kappa shape index (κ3) is 4.62. The lowest BCUT2D eigenvalue weighted by molar-refractivity contribution is -0.120. The normalized spacial score (nSPS) is 11.4. The number of halogens is 1. The van der Waals surface area contributed by atoms with E-state index in [1.807, 2.05) is 50.2 Å². The van der Waals surface area contributed by atoms with Gasteiger partial charge in [-0.05, 0) is 61.2 Å². The van der Waals surface area contributed by atoms with Crippen molar-refractivity contribution < 1.29 is 9.18 Å². The zero-order valence-electron chi connectivity index (χ0n) is 18.5. The topological polar surface area (TPSA) is 46.4 Å². The molecule has 0 saturated carbocycles. The first-order chi connectivity index (χ1) is 15.4. The van der Waals surface area contributed by atoms with Crippen LogP contribution in [0.5, 0.6) is 0 Å². The van der Waals surface area contributed by atoms with Gasteiger partial charge in [0.25, 0.3) is 0 Å². The lowest BCUT2D eigenvalue weighted by Crippen LogP contribution is -2.19. The zero-order valence-corrected chi connectivity index (χ0v) is 18.5. The maximum atomic E-state index is 13.3. The van der Waals surface area contributed by atoms with E-state index < -0.39 is 0 Å². The molecular formula is C27H26FN3O. The molecule has 0 radical (unpaired) electrons. The number of nitrogens with one attached hydrogen (secondary N) is 1. The van der Waals surface area contributed by atoms with Crippen LogP contribution in [-0.2, 0) is 17.8 Å². The van der Waals surface area contributed by atoms with Gasteiger partial charge in [0.05, 0.1) is 12.6 Å². The molecule has 0 aliphatic rings. The van der Waals surface area contributed by atoms with Crippen LogP contribution in [0, 0.1) is 26.6 Å². The Labute approximate surface area is 187 Å². The van der Waals surface area contributed by atoms with Crippen molar-refractivity contribution in [1.82, 2.24) is 9.99 Å². The van der Waals surface area contributed by atoms with Crippen molar-refractivity contribution in [2.75, 3.05) is 0 Å². The number of carbonyl (C=O) groups is 1. The molecule has 4 nitrogen and oxygen atoms in total. The Kier molecular flexibility index (Phi) is 6.17. The number of para-hydroxylation sites is 1. The van der Waals surface area contributed by atoms with Gasteiger partial charge in [0.15, 0.2) is 0 Å². The van der Waals surface area contributed by atoms with Crippen LogP contribution in [0.1, 0.15) is 33.5 Å². The maximum absolute atomic E-state index is 13.3. The number of hydrogen-bond acceptors (Lipinski definition) is 2. The number of aromatic nitrogens is 1. The minimum absolute atomic E-state index is 0.155. The fourth-order valence-electron chi connectivity index (χ4n) is 3.90. The molecule has 0 spiro atoms. The lowest BCUT2D eigenvalue weighted by atomic mass is 10.0. The molecule has 162 valence electrons. The van der Waals surface area contributed by atoms with Crippen molar-refractivity contribution in [3.05, 3.63) is 106 Å². The first kappa shape index (κ1) is 21.5. The Morgan fingerprint density at radius 2 is 1.69 bits per heavy atom. The van der Waals surface area contributed by atoms with Gasteiger partial charge in [-0.1, -0.05) is 48.5 Å². The molecule has 0 unspecified atom stereocenters. The summed E-state index contributed by atoms with van der Waals surface area (Å²) in [6.45, 7) is 6.75. The monoisotopic (exact) mass is 427 g/mol. The van der Waals surface area contributed by atoms with Crippen LogP contribution in [0.4, 0.5) is 4.39 Å². The van der Waals surface area contributed by atoms with Gasteiger partial charge in [-0.25, -0.2) is 9.82 Å². The summed E-state index contributed by atoms with van der Waals surface area (Å²) in [7, 11) is 0. The van der Waals surface area contributed by atoms with Crippen LogP contribution in [-0.4, -0.2) is 16.7 Å². The van der Waals surface area contributed by atoms with Gasteiger partial charge in [-0.3, -0.25) is 4.79 Å². The Bertz CT molecular complexity index is 1300. The predicted octanol–water partition coefficient (Wildman–Crippen LogP) is 5.45. The summed E-state index contributed by atoms with van der Waals surface area (Å²) in [6.07, 6.45) is 1.99. The predicted molar refractivity (Wildman–Crippen MR) is 128 cm³/mol. The number of aryl methyl sites for hydroxylation is 2. The van der Waals surface area contributed by atoms with Gasteiger partial charge < -0.3 is 4.57 Å². The molecule has 4 aromatic rings. The largest absolute Gasteiger partial charge is 0.340 e. The smallest absolute Gasteiger partial charge is 0.244 e. The summed E-state index contributed by atoms with van der Waals surface area (Å²) in [5, 5.41) is 5.29. The van der Waals surface area contributed by atoms with Crippen LogP contribution in [0.15, 0.2) is 71.8 Å². The lowest BCUT2D eigenvalue weighted by Gasteiger charge is -2.08. The van der Waals surface area contributed by atoms with Crippen LogP contribution in [0.2, 0.25) is 0 Å². The zero-order chi connectivity index (χ0) is 22.7.